The van der Waals surface area contributed by atoms with Crippen LogP contribution in [0.5, 0.6) is 28.7 Å². The SMILES string of the molecule is COc1ccc(-n2c(-c3cc(C(C)C)c(C)cc3C)nnc2S(C)(=O)=O)cc1.COc1ccc(-n2c(NS(C)(=O)=O)nnc2-c2cc(C(C)C)c(C)cc2C)cc1.COc1ccc(-n2c(NS(C)(=O)=O)nnc2-c2cc(C(C)C)c(O)cc2O)cc1.CS(N)(=O)=O.ClB(Cl)Cl. The minimum absolute atomic E-state index is 0.0136. The minimum atomic E-state index is -3.63. The molecule has 95 heavy (non-hydrogen) atoms. The van der Waals surface area contributed by atoms with Crippen LogP contribution < -0.4 is 28.8 Å². The molecule has 0 unspecified atom stereocenters. The molecule has 0 amide bonds. The van der Waals surface area contributed by atoms with Crippen LogP contribution >= 0.6 is 34.4 Å². The van der Waals surface area contributed by atoms with Gasteiger partial charge in [-0.25, -0.2) is 38.8 Å². The number of rotatable bonds is 17. The number of sulfonamides is 3. The highest BCUT2D eigenvalue weighted by Crippen LogP contribution is 2.40. The Balaban J connectivity index is 0.000000242. The van der Waals surface area contributed by atoms with Gasteiger partial charge in [0.1, 0.15) is 28.7 Å². The summed E-state index contributed by atoms with van der Waals surface area (Å²) in [6.07, 6.45) is 4.18. The van der Waals surface area contributed by atoms with Crippen molar-refractivity contribution in [1.29, 1.82) is 0 Å². The van der Waals surface area contributed by atoms with Gasteiger partial charge in [-0.05, 0) is 175 Å². The molecular weight excluding hydrogens is 1370 g/mol. The van der Waals surface area contributed by atoms with E-state index in [9.17, 15) is 43.9 Å². The fourth-order valence-electron chi connectivity index (χ4n) is 9.68. The van der Waals surface area contributed by atoms with E-state index in [0.717, 1.165) is 53.0 Å². The van der Waals surface area contributed by atoms with Crippen LogP contribution in [0.25, 0.3) is 51.2 Å². The normalized spacial score (nSPS) is 11.5. The Morgan fingerprint density at radius 2 is 0.737 bits per heavy atom. The number of benzene rings is 6. The van der Waals surface area contributed by atoms with E-state index in [0.29, 0.717) is 63.2 Å². The van der Waals surface area contributed by atoms with Gasteiger partial charge in [-0.15, -0.1) is 30.6 Å². The van der Waals surface area contributed by atoms with Crippen LogP contribution in [-0.2, 0) is 39.9 Å². The van der Waals surface area contributed by atoms with Crippen LogP contribution in [-0.4, -0.2) is 139 Å². The lowest BCUT2D eigenvalue weighted by Gasteiger charge is -2.16. The van der Waals surface area contributed by atoms with Crippen molar-refractivity contribution in [2.24, 2.45) is 5.14 Å². The highest BCUT2D eigenvalue weighted by atomic mass is 35.6. The molecule has 0 aliphatic heterocycles. The van der Waals surface area contributed by atoms with Crippen molar-refractivity contribution >= 4 is 91.1 Å². The van der Waals surface area contributed by atoms with Crippen LogP contribution in [0.3, 0.4) is 0 Å². The summed E-state index contributed by atoms with van der Waals surface area (Å²) in [5, 5.41) is 49.6. The molecule has 6 aromatic carbocycles. The average Bonchev–Trinajstić information content (AvgIpc) is 1.69. The first-order chi connectivity index (χ1) is 44.1. The number of nitrogens with two attached hydrogens (primary N) is 1. The Hall–Kier alpha value is -7.97. The standard InChI is InChI=1S/C21H26N4O3S.C21H25N3O3S.C19H22N4O5S.CH5NO2S.BCl3/c1-13(2)18-12-19(15(4)11-14(18)3)20-22-23-21(24-29(6,26)27)25(20)16-7-9-17(28-5)10-8-16;1-13(2)18-12-19(15(4)11-14(18)3)20-22-23-21(28(6,25)26)24(20)16-7-9-17(27-5)10-8-16;1-11(2)14-9-15(17(25)10-16(14)24)18-20-21-19(22-29(4,26)27)23(18)12-5-7-13(28-3)8-6-12;1-5(2,3)4;2-1(3)4/h7-13H,1-6H3,(H,23,24);7-13H,1-6H3;5-11,24-25H,1-4H3,(H,21,22);1H3,(H2,2,3,4);. The van der Waals surface area contributed by atoms with Crippen molar-refractivity contribution in [3.63, 3.8) is 0 Å². The number of ether oxygens (including phenoxy) is 3. The number of aromatic hydroxyl groups is 2. The number of sulfone groups is 1. The third-order valence-electron chi connectivity index (χ3n) is 13.8. The molecule has 0 bridgehead atoms. The molecule has 0 aliphatic carbocycles. The van der Waals surface area contributed by atoms with E-state index in [1.807, 2.05) is 52.0 Å². The van der Waals surface area contributed by atoms with Crippen molar-refractivity contribution in [1.82, 2.24) is 44.3 Å². The number of nitrogens with one attached hydrogen (secondary N) is 2. The molecule has 9 rings (SSSR count). The minimum Gasteiger partial charge on any atom is -0.508 e. The van der Waals surface area contributed by atoms with Gasteiger partial charge in [0.05, 0.1) is 62.7 Å². The Kier molecular flexibility index (Phi) is 26.7. The number of anilines is 2. The van der Waals surface area contributed by atoms with E-state index in [2.05, 4.69) is 111 Å². The lowest BCUT2D eigenvalue weighted by molar-refractivity contribution is 0.414. The van der Waals surface area contributed by atoms with E-state index in [-0.39, 0.29) is 40.3 Å². The smallest absolute Gasteiger partial charge is 0.450 e. The summed E-state index contributed by atoms with van der Waals surface area (Å²) in [7, 11) is -9.17. The number of hydrogen-bond donors (Lipinski definition) is 5. The fourth-order valence-corrected chi connectivity index (χ4v) is 11.3. The highest BCUT2D eigenvalue weighted by molar-refractivity contribution is 7.92. The number of phenols is 2. The number of nitrogens with zero attached hydrogens (tertiary/aromatic N) is 9. The summed E-state index contributed by atoms with van der Waals surface area (Å²) in [4.78, 5) is -0.750. The first-order valence-electron chi connectivity index (χ1n) is 28.7. The maximum Gasteiger partial charge on any atom is 0.450 e. The second-order valence-corrected chi connectivity index (χ2v) is 31.7. The van der Waals surface area contributed by atoms with Gasteiger partial charge in [0, 0.05) is 23.4 Å². The molecule has 3 heterocycles. The van der Waals surface area contributed by atoms with E-state index in [4.69, 9.17) is 48.6 Å². The summed E-state index contributed by atoms with van der Waals surface area (Å²) >= 11 is 14.4. The first kappa shape index (κ1) is 77.7. The summed E-state index contributed by atoms with van der Waals surface area (Å²) in [6.45, 7) is 20.6. The predicted molar refractivity (Wildman–Crippen MR) is 377 cm³/mol. The molecule has 0 saturated carbocycles. The fraction of sp³-hybridized carbons (Fsp3) is 0.323. The van der Waals surface area contributed by atoms with E-state index in [1.54, 1.807) is 78.0 Å². The Bertz CT molecular complexity index is 4420. The summed E-state index contributed by atoms with van der Waals surface area (Å²) in [5.41, 5.74) is 11.5. The maximum absolute atomic E-state index is 12.4. The third kappa shape index (κ3) is 21.8. The van der Waals surface area contributed by atoms with Gasteiger partial charge < -0.3 is 24.4 Å². The Morgan fingerprint density at radius 3 is 1.04 bits per heavy atom. The third-order valence-corrected chi connectivity index (χ3v) is 15.8. The molecule has 0 atom stereocenters. The molecular formula is C62H78BCl3N12O13S4. The molecule has 0 aliphatic rings. The lowest BCUT2D eigenvalue weighted by atomic mass is 9.92. The molecule has 3 aromatic heterocycles. The van der Waals surface area contributed by atoms with Crippen LogP contribution in [0.15, 0.2) is 114 Å². The van der Waals surface area contributed by atoms with Crippen LogP contribution in [0, 0.1) is 27.7 Å². The lowest BCUT2D eigenvalue weighted by Crippen LogP contribution is -2.14. The molecule has 0 radical (unpaired) electrons. The summed E-state index contributed by atoms with van der Waals surface area (Å²) in [5.74, 6) is 3.83. The molecule has 25 nitrogen and oxygen atoms in total. The number of halogens is 3. The van der Waals surface area contributed by atoms with Gasteiger partial charge in [0.25, 0.3) is 5.16 Å². The zero-order valence-electron chi connectivity index (χ0n) is 55.5. The number of hydrogen-bond acceptors (Lipinski definition) is 19. The van der Waals surface area contributed by atoms with Crippen molar-refractivity contribution in [3.05, 3.63) is 148 Å². The van der Waals surface area contributed by atoms with Crippen molar-refractivity contribution in [3.8, 4) is 80.0 Å². The average molecular weight is 1440 g/mol. The van der Waals surface area contributed by atoms with Crippen LogP contribution in [0.2, 0.25) is 0 Å². The number of primary sulfonamides is 1. The van der Waals surface area contributed by atoms with Gasteiger partial charge in [-0.1, -0.05) is 53.7 Å². The van der Waals surface area contributed by atoms with Crippen molar-refractivity contribution in [2.75, 3.05) is 55.8 Å². The second-order valence-electron chi connectivity index (χ2n) is 22.6. The largest absolute Gasteiger partial charge is 0.508 e. The van der Waals surface area contributed by atoms with Gasteiger partial charge in [0.15, 0.2) is 17.5 Å². The molecule has 0 saturated heterocycles. The second kappa shape index (κ2) is 32.7. The number of aryl methyl sites for hydroxylation is 4. The first-order valence-corrected chi connectivity index (χ1v) is 37.7. The quantitative estimate of drug-likeness (QED) is 0.0529. The van der Waals surface area contributed by atoms with Gasteiger partial charge >= 0.3 is 4.96 Å². The highest BCUT2D eigenvalue weighted by Gasteiger charge is 2.27. The molecule has 0 spiro atoms. The van der Waals surface area contributed by atoms with E-state index in [1.165, 1.54) is 40.0 Å². The maximum atomic E-state index is 12.4. The van der Waals surface area contributed by atoms with E-state index >= 15 is 0 Å². The number of methoxy groups -OCH3 is 3. The van der Waals surface area contributed by atoms with Gasteiger partial charge in [0.2, 0.25) is 51.8 Å². The monoisotopic (exact) mass is 1440 g/mol. The molecule has 0 fully saturated rings. The van der Waals surface area contributed by atoms with Crippen molar-refractivity contribution < 1.29 is 58.1 Å². The zero-order valence-corrected chi connectivity index (χ0v) is 61.0. The van der Waals surface area contributed by atoms with Gasteiger partial charge in [-0.2, -0.15) is 34.4 Å². The molecule has 33 heteroatoms. The van der Waals surface area contributed by atoms with Crippen LogP contribution in [0.4, 0.5) is 11.9 Å². The van der Waals surface area contributed by atoms with E-state index < -0.39 is 44.9 Å². The zero-order chi connectivity index (χ0) is 71.4. The summed E-state index contributed by atoms with van der Waals surface area (Å²) < 4.78 is 116. The number of aromatic nitrogens is 9. The van der Waals surface area contributed by atoms with Crippen molar-refractivity contribution in [2.45, 2.75) is 92.1 Å². The molecule has 6 N–H and O–H groups in total. The topological polar surface area (TPSA) is 347 Å². The Morgan fingerprint density at radius 1 is 0.442 bits per heavy atom. The Labute approximate surface area is 570 Å². The molecule has 9 aromatic rings. The van der Waals surface area contributed by atoms with Crippen LogP contribution in [0.1, 0.15) is 98.2 Å². The predicted octanol–water partition coefficient (Wildman–Crippen LogP) is 11.6. The number of phenolic OH excluding ortho intramolecular Hbond substituents is 2. The molecule has 512 valence electrons. The van der Waals surface area contributed by atoms with Gasteiger partial charge in [-0.3, -0.25) is 23.1 Å². The summed E-state index contributed by atoms with van der Waals surface area (Å²) in [6, 6.07) is 32.6.